The minimum atomic E-state index is -1.51. The van der Waals surface area contributed by atoms with E-state index in [4.69, 9.17) is 0 Å². The fraction of sp³-hybridized carbons (Fsp3) is 0.143. The van der Waals surface area contributed by atoms with E-state index < -0.39 is 7.26 Å². The van der Waals surface area contributed by atoms with Gasteiger partial charge in [0, 0.05) is 0 Å². The molecule has 1 aliphatic rings. The Morgan fingerprint density at radius 3 is 1.09 bits per heavy atom. The van der Waals surface area contributed by atoms with Crippen molar-refractivity contribution in [3.8, 4) is 0 Å². The lowest BCUT2D eigenvalue weighted by molar-refractivity contribution is -0.00000420. The zero-order chi connectivity index (χ0) is 14.8. The molecular weight excluding hydrogens is 410 g/mol. The van der Waals surface area contributed by atoms with Gasteiger partial charge in [0.1, 0.15) is 23.2 Å². The van der Waals surface area contributed by atoms with Gasteiger partial charge in [-0.1, -0.05) is 54.6 Å². The van der Waals surface area contributed by atoms with Crippen LogP contribution in [-0.2, 0) is 0 Å². The van der Waals surface area contributed by atoms with Crippen molar-refractivity contribution in [2.45, 2.75) is 18.5 Å². The Morgan fingerprint density at radius 2 is 0.826 bits per heavy atom. The third-order valence-electron chi connectivity index (χ3n) is 4.58. The first-order valence-corrected chi connectivity index (χ1v) is 9.84. The average Bonchev–Trinajstić information content (AvgIpc) is 3.44. The van der Waals surface area contributed by atoms with Crippen molar-refractivity contribution in [1.29, 1.82) is 0 Å². The van der Waals surface area contributed by atoms with Gasteiger partial charge in [0.05, 0.1) is 5.66 Å². The molecule has 0 saturated heterocycles. The van der Waals surface area contributed by atoms with Crippen molar-refractivity contribution >= 4 is 23.2 Å². The van der Waals surface area contributed by atoms with Crippen molar-refractivity contribution in [3.05, 3.63) is 91.0 Å². The van der Waals surface area contributed by atoms with Crippen LogP contribution in [0.3, 0.4) is 0 Å². The van der Waals surface area contributed by atoms with E-state index in [9.17, 15) is 0 Å². The lowest BCUT2D eigenvalue weighted by atomic mass is 10.4. The summed E-state index contributed by atoms with van der Waals surface area (Å²) >= 11 is 0. The molecule has 0 N–H and O–H groups in total. The van der Waals surface area contributed by atoms with Gasteiger partial charge in [-0.05, 0) is 49.2 Å². The van der Waals surface area contributed by atoms with Crippen molar-refractivity contribution in [2.24, 2.45) is 0 Å². The molecule has 3 aromatic rings. The fourth-order valence-corrected chi connectivity index (χ4v) is 8.54. The molecule has 23 heavy (non-hydrogen) atoms. The van der Waals surface area contributed by atoms with Crippen LogP contribution in [0.15, 0.2) is 91.0 Å². The van der Waals surface area contributed by atoms with Crippen LogP contribution in [0.5, 0.6) is 0 Å². The zero-order valence-corrected chi connectivity index (χ0v) is 16.0. The quantitative estimate of drug-likeness (QED) is 0.431. The summed E-state index contributed by atoms with van der Waals surface area (Å²) in [6.07, 6.45) is 2.71. The maximum absolute atomic E-state index is 2.34. The van der Waals surface area contributed by atoms with E-state index in [2.05, 4.69) is 91.0 Å². The normalized spacial score (nSPS) is 14.1. The third-order valence-corrected chi connectivity index (χ3v) is 9.53. The van der Waals surface area contributed by atoms with Crippen LogP contribution in [0.1, 0.15) is 12.8 Å². The summed E-state index contributed by atoms with van der Waals surface area (Å²) in [6.45, 7) is 0. The van der Waals surface area contributed by atoms with Crippen LogP contribution in [0.4, 0.5) is 0 Å². The van der Waals surface area contributed by atoms with Crippen LogP contribution in [-0.4, -0.2) is 5.66 Å². The summed E-state index contributed by atoms with van der Waals surface area (Å²) < 4.78 is 0. The van der Waals surface area contributed by atoms with Gasteiger partial charge >= 0.3 is 0 Å². The van der Waals surface area contributed by atoms with Crippen molar-refractivity contribution in [1.82, 2.24) is 0 Å². The van der Waals surface area contributed by atoms with E-state index in [0.29, 0.717) is 0 Å². The lowest BCUT2D eigenvalue weighted by Gasteiger charge is -2.27. The van der Waals surface area contributed by atoms with E-state index in [1.807, 2.05) is 0 Å². The summed E-state index contributed by atoms with van der Waals surface area (Å²) in [5, 5.41) is 4.57. The fourth-order valence-electron chi connectivity index (χ4n) is 3.53. The molecule has 0 aromatic heterocycles. The monoisotopic (exact) mass is 430 g/mol. The Bertz CT molecular complexity index is 640. The van der Waals surface area contributed by atoms with Crippen LogP contribution in [0.2, 0.25) is 0 Å². The Morgan fingerprint density at radius 1 is 0.522 bits per heavy atom. The molecule has 0 nitrogen and oxygen atoms in total. The highest BCUT2D eigenvalue weighted by atomic mass is 127. The third kappa shape index (κ3) is 2.97. The molecule has 1 fully saturated rings. The Hall–Kier alpha value is -1.18. The molecule has 0 atom stereocenters. The van der Waals surface area contributed by atoms with Gasteiger partial charge in [0.25, 0.3) is 0 Å². The number of halogens is 1. The van der Waals surface area contributed by atoms with Crippen molar-refractivity contribution < 1.29 is 24.0 Å². The largest absolute Gasteiger partial charge is 1.00 e. The summed E-state index contributed by atoms with van der Waals surface area (Å²) in [4.78, 5) is 0. The molecule has 0 amide bonds. The summed E-state index contributed by atoms with van der Waals surface area (Å²) in [5.41, 5.74) is 0.805. The first-order valence-electron chi connectivity index (χ1n) is 7.98. The van der Waals surface area contributed by atoms with E-state index in [0.717, 1.165) is 5.66 Å². The van der Waals surface area contributed by atoms with Gasteiger partial charge in [-0.2, -0.15) is 0 Å². The minimum absolute atomic E-state index is 0. The number of hydrogen-bond donors (Lipinski definition) is 0. The molecule has 116 valence electrons. The zero-order valence-electron chi connectivity index (χ0n) is 13.0. The van der Waals surface area contributed by atoms with Crippen LogP contribution in [0, 0.1) is 0 Å². The highest BCUT2D eigenvalue weighted by Gasteiger charge is 2.57. The second-order valence-electron chi connectivity index (χ2n) is 5.96. The second-order valence-corrected chi connectivity index (χ2v) is 9.69. The van der Waals surface area contributed by atoms with E-state index in [1.165, 1.54) is 28.8 Å². The van der Waals surface area contributed by atoms with Gasteiger partial charge in [-0.3, -0.25) is 0 Å². The molecule has 0 spiro atoms. The summed E-state index contributed by atoms with van der Waals surface area (Å²) in [6, 6.07) is 33.6. The highest BCUT2D eigenvalue weighted by molar-refractivity contribution is 7.96. The SMILES string of the molecule is [I-].c1ccc([P+](c2ccccc2)(c2ccccc2)C2CC2)cc1. The van der Waals surface area contributed by atoms with E-state index in [1.54, 1.807) is 0 Å². The maximum Gasteiger partial charge on any atom is 0.115 e. The van der Waals surface area contributed by atoms with Crippen molar-refractivity contribution in [3.63, 3.8) is 0 Å². The predicted octanol–water partition coefficient (Wildman–Crippen LogP) is 1.15. The molecule has 0 aliphatic heterocycles. The molecule has 0 radical (unpaired) electrons. The van der Waals surface area contributed by atoms with Gasteiger partial charge in [-0.25, -0.2) is 0 Å². The summed E-state index contributed by atoms with van der Waals surface area (Å²) in [7, 11) is -1.51. The Balaban J connectivity index is 0.00000156. The molecule has 2 heteroatoms. The molecule has 3 aromatic carbocycles. The highest BCUT2D eigenvalue weighted by Crippen LogP contribution is 2.67. The topological polar surface area (TPSA) is 0 Å². The molecule has 1 saturated carbocycles. The van der Waals surface area contributed by atoms with Gasteiger partial charge in [0.2, 0.25) is 0 Å². The first kappa shape index (κ1) is 16.7. The van der Waals surface area contributed by atoms with Crippen LogP contribution >= 0.6 is 7.26 Å². The lowest BCUT2D eigenvalue weighted by Crippen LogP contribution is -3.00. The Kier molecular flexibility index (Phi) is 5.18. The predicted molar refractivity (Wildman–Crippen MR) is 98.2 cm³/mol. The van der Waals surface area contributed by atoms with Gasteiger partial charge < -0.3 is 24.0 Å². The number of hydrogen-bond acceptors (Lipinski definition) is 0. The second kappa shape index (κ2) is 7.15. The Labute approximate surface area is 156 Å². The maximum atomic E-state index is 2.34. The van der Waals surface area contributed by atoms with Crippen LogP contribution in [0.25, 0.3) is 0 Å². The molecule has 1 aliphatic carbocycles. The molecule has 0 heterocycles. The van der Waals surface area contributed by atoms with Crippen molar-refractivity contribution in [2.75, 3.05) is 0 Å². The molecule has 0 bridgehead atoms. The first-order chi connectivity index (χ1) is 10.9. The smallest absolute Gasteiger partial charge is 0.115 e. The summed E-state index contributed by atoms with van der Waals surface area (Å²) in [5.74, 6) is 0. The number of benzene rings is 3. The molecule has 0 unspecified atom stereocenters. The molecular formula is C21H20IP. The number of rotatable bonds is 4. The standard InChI is InChI=1S/C21H20P.HI/c1-4-10-18(11-5-1)22(21-16-17-21,19-12-6-2-7-13-19)20-14-8-3-9-15-20;/h1-15,21H,16-17H2;1H/q+1;/p-1. The van der Waals surface area contributed by atoms with E-state index in [-0.39, 0.29) is 24.0 Å². The van der Waals surface area contributed by atoms with E-state index >= 15 is 0 Å². The van der Waals surface area contributed by atoms with Crippen LogP contribution < -0.4 is 39.9 Å². The van der Waals surface area contributed by atoms with Gasteiger partial charge in [0.15, 0.2) is 0 Å². The average molecular weight is 430 g/mol. The minimum Gasteiger partial charge on any atom is -1.00 e. The molecule has 4 rings (SSSR count). The van der Waals surface area contributed by atoms with Gasteiger partial charge in [-0.15, -0.1) is 0 Å².